The number of hydrogen-bond donors (Lipinski definition) is 3. The van der Waals surface area contributed by atoms with Gasteiger partial charge in [-0.05, 0) is 96.3 Å². The van der Waals surface area contributed by atoms with Gasteiger partial charge in [0.1, 0.15) is 0 Å². The molecule has 0 aromatic carbocycles. The van der Waals surface area contributed by atoms with Crippen molar-refractivity contribution in [2.75, 3.05) is 6.61 Å². The van der Waals surface area contributed by atoms with Crippen molar-refractivity contribution in [1.82, 2.24) is 5.32 Å². The molecule has 330 valence electrons. The van der Waals surface area contributed by atoms with E-state index in [9.17, 15) is 15.0 Å². The average Bonchev–Trinajstić information content (AvgIpc) is 3.23. The highest BCUT2D eigenvalue weighted by atomic mass is 16.3. The van der Waals surface area contributed by atoms with Crippen LogP contribution in [0.3, 0.4) is 0 Å². The van der Waals surface area contributed by atoms with Crippen LogP contribution in [0.15, 0.2) is 109 Å². The van der Waals surface area contributed by atoms with Crippen molar-refractivity contribution in [2.24, 2.45) is 0 Å². The zero-order valence-corrected chi connectivity index (χ0v) is 37.8. The van der Waals surface area contributed by atoms with E-state index in [1.54, 1.807) is 6.08 Å². The maximum absolute atomic E-state index is 12.4. The second-order valence-corrected chi connectivity index (χ2v) is 15.8. The lowest BCUT2D eigenvalue weighted by molar-refractivity contribution is -0.123. The van der Waals surface area contributed by atoms with Gasteiger partial charge in [0, 0.05) is 6.42 Å². The molecule has 0 aromatic rings. The van der Waals surface area contributed by atoms with Crippen molar-refractivity contribution in [3.63, 3.8) is 0 Å². The third-order valence-electron chi connectivity index (χ3n) is 10.2. The van der Waals surface area contributed by atoms with Gasteiger partial charge in [0.2, 0.25) is 5.91 Å². The van der Waals surface area contributed by atoms with E-state index in [0.29, 0.717) is 6.42 Å². The Morgan fingerprint density at radius 2 is 0.776 bits per heavy atom. The van der Waals surface area contributed by atoms with Crippen LogP contribution in [0.1, 0.15) is 206 Å². The van der Waals surface area contributed by atoms with E-state index in [-0.39, 0.29) is 12.5 Å². The summed E-state index contributed by atoms with van der Waals surface area (Å²) >= 11 is 0. The number of allylic oxidation sites excluding steroid dienone is 17. The zero-order chi connectivity index (χ0) is 42.1. The van der Waals surface area contributed by atoms with E-state index < -0.39 is 12.1 Å². The lowest BCUT2D eigenvalue weighted by atomic mass is 10.0. The monoisotopic (exact) mass is 802 g/mol. The Morgan fingerprint density at radius 3 is 1.21 bits per heavy atom. The maximum atomic E-state index is 12.4. The molecule has 2 atom stereocenters. The molecular weight excluding hydrogens is 711 g/mol. The van der Waals surface area contributed by atoms with Crippen LogP contribution in [-0.4, -0.2) is 34.9 Å². The minimum Gasteiger partial charge on any atom is -0.394 e. The summed E-state index contributed by atoms with van der Waals surface area (Å²) in [7, 11) is 0. The summed E-state index contributed by atoms with van der Waals surface area (Å²) in [5.41, 5.74) is 0. The Kier molecular flexibility index (Phi) is 46.0. The Bertz CT molecular complexity index is 1140. The molecule has 3 N–H and O–H groups in total. The Hall–Kier alpha value is -2.95. The quantitative estimate of drug-likeness (QED) is 0.0425. The van der Waals surface area contributed by atoms with Gasteiger partial charge in [-0.3, -0.25) is 4.79 Å². The summed E-state index contributed by atoms with van der Waals surface area (Å²) in [5, 5.41) is 23.0. The van der Waals surface area contributed by atoms with E-state index in [0.717, 1.165) is 83.5 Å². The molecule has 0 spiro atoms. The van der Waals surface area contributed by atoms with Gasteiger partial charge in [-0.15, -0.1) is 0 Å². The van der Waals surface area contributed by atoms with Crippen LogP contribution in [-0.2, 0) is 4.79 Å². The average molecular weight is 802 g/mol. The number of carbonyl (C=O) groups excluding carboxylic acids is 1. The molecule has 0 fully saturated rings. The topological polar surface area (TPSA) is 69.6 Å². The number of rotatable bonds is 42. The van der Waals surface area contributed by atoms with E-state index in [1.807, 2.05) is 6.08 Å². The van der Waals surface area contributed by atoms with Gasteiger partial charge in [-0.2, -0.15) is 0 Å². The van der Waals surface area contributed by atoms with Gasteiger partial charge < -0.3 is 15.5 Å². The normalized spacial score (nSPS) is 13.9. The molecular formula is C54H91NO3. The highest BCUT2D eigenvalue weighted by Gasteiger charge is 2.17. The SMILES string of the molecule is CC/C=C\C/C=C\C/C=C\C/C=C\C/C=C\C/C=C\CCCCCCCCCCCCC(=O)NC(CO)C(O)/C=C/CC/C=C/CC/C=C/CCCCCCCCC. The standard InChI is InChI=1S/C54H91NO3/c1-3-5-7-9-11-13-15-17-19-21-22-23-24-25-26-27-28-29-30-31-32-34-36-38-40-42-44-46-48-50-54(58)55-52(51-56)53(57)49-47-45-43-41-39-37-35-33-20-18-16-14-12-10-8-6-4-2/h5,7,11,13,17,19-20,22-23,25-26,28-29,33,39,41,47,49,52-53,56-57H,3-4,6,8-10,12,14-16,18,21,24,27,30-32,34-38,40,42-46,48,50-51H2,1-2H3,(H,55,58)/b7-5-,13-11-,19-17-,23-22-,26-25-,29-28-,33-20+,41-39+,49-47+. The van der Waals surface area contributed by atoms with E-state index >= 15 is 0 Å². The molecule has 4 nitrogen and oxygen atoms in total. The van der Waals surface area contributed by atoms with Gasteiger partial charge in [-0.1, -0.05) is 213 Å². The van der Waals surface area contributed by atoms with Gasteiger partial charge in [0.05, 0.1) is 18.8 Å². The maximum Gasteiger partial charge on any atom is 0.220 e. The molecule has 58 heavy (non-hydrogen) atoms. The molecule has 0 saturated heterocycles. The first-order chi connectivity index (χ1) is 28.7. The summed E-state index contributed by atoms with van der Waals surface area (Å²) in [5.74, 6) is -0.0880. The molecule has 2 unspecified atom stereocenters. The highest BCUT2D eigenvalue weighted by molar-refractivity contribution is 5.76. The second kappa shape index (κ2) is 48.4. The van der Waals surface area contributed by atoms with Gasteiger partial charge in [-0.25, -0.2) is 0 Å². The Labute approximate surface area is 359 Å². The third-order valence-corrected chi connectivity index (χ3v) is 10.2. The molecule has 0 bridgehead atoms. The number of unbranched alkanes of at least 4 members (excludes halogenated alkanes) is 19. The molecule has 0 radical (unpaired) electrons. The van der Waals surface area contributed by atoms with Gasteiger partial charge >= 0.3 is 0 Å². The van der Waals surface area contributed by atoms with Crippen molar-refractivity contribution >= 4 is 5.91 Å². The largest absolute Gasteiger partial charge is 0.394 e. The molecule has 0 aromatic heterocycles. The van der Waals surface area contributed by atoms with Crippen molar-refractivity contribution in [3.8, 4) is 0 Å². The number of carbonyl (C=O) groups is 1. The lowest BCUT2D eigenvalue weighted by Crippen LogP contribution is -2.45. The summed E-state index contributed by atoms with van der Waals surface area (Å²) < 4.78 is 0. The van der Waals surface area contributed by atoms with Crippen LogP contribution >= 0.6 is 0 Å². The summed E-state index contributed by atoms with van der Waals surface area (Å²) in [6.45, 7) is 4.16. The van der Waals surface area contributed by atoms with Crippen LogP contribution in [0.4, 0.5) is 0 Å². The fourth-order valence-corrected chi connectivity index (χ4v) is 6.56. The molecule has 0 aliphatic rings. The molecule has 0 heterocycles. The molecule has 0 aliphatic heterocycles. The first-order valence-electron chi connectivity index (χ1n) is 24.1. The van der Waals surface area contributed by atoms with E-state index in [2.05, 4.69) is 116 Å². The van der Waals surface area contributed by atoms with Crippen LogP contribution in [0.25, 0.3) is 0 Å². The fourth-order valence-electron chi connectivity index (χ4n) is 6.56. The minimum absolute atomic E-state index is 0.0880. The Balaban J connectivity index is 3.66. The van der Waals surface area contributed by atoms with E-state index in [1.165, 1.54) is 103 Å². The van der Waals surface area contributed by atoms with Crippen molar-refractivity contribution in [3.05, 3.63) is 109 Å². The van der Waals surface area contributed by atoms with Gasteiger partial charge in [0.15, 0.2) is 0 Å². The minimum atomic E-state index is -0.879. The first-order valence-corrected chi connectivity index (χ1v) is 24.1. The molecule has 0 aliphatic carbocycles. The smallest absolute Gasteiger partial charge is 0.220 e. The molecule has 0 rings (SSSR count). The van der Waals surface area contributed by atoms with Crippen molar-refractivity contribution in [2.45, 2.75) is 219 Å². The zero-order valence-electron chi connectivity index (χ0n) is 37.8. The third kappa shape index (κ3) is 44.2. The highest BCUT2D eigenvalue weighted by Crippen LogP contribution is 2.13. The second-order valence-electron chi connectivity index (χ2n) is 15.8. The van der Waals surface area contributed by atoms with Gasteiger partial charge in [0.25, 0.3) is 0 Å². The van der Waals surface area contributed by atoms with Crippen LogP contribution in [0.2, 0.25) is 0 Å². The first kappa shape index (κ1) is 55.1. The van der Waals surface area contributed by atoms with Crippen LogP contribution in [0, 0.1) is 0 Å². The van der Waals surface area contributed by atoms with Crippen LogP contribution < -0.4 is 5.32 Å². The summed E-state index contributed by atoms with van der Waals surface area (Å²) in [6, 6.07) is -0.655. The number of amides is 1. The molecule has 4 heteroatoms. The summed E-state index contributed by atoms with van der Waals surface area (Å²) in [6.07, 6.45) is 73.5. The predicted molar refractivity (Wildman–Crippen MR) is 257 cm³/mol. The van der Waals surface area contributed by atoms with Crippen molar-refractivity contribution < 1.29 is 15.0 Å². The fraction of sp³-hybridized carbons (Fsp3) is 0.648. The predicted octanol–water partition coefficient (Wildman–Crippen LogP) is 15.6. The Morgan fingerprint density at radius 1 is 0.431 bits per heavy atom. The number of hydrogen-bond acceptors (Lipinski definition) is 3. The molecule has 1 amide bonds. The van der Waals surface area contributed by atoms with Crippen molar-refractivity contribution in [1.29, 1.82) is 0 Å². The lowest BCUT2D eigenvalue weighted by Gasteiger charge is -2.19. The van der Waals surface area contributed by atoms with E-state index in [4.69, 9.17) is 0 Å². The summed E-state index contributed by atoms with van der Waals surface area (Å²) in [4.78, 5) is 12.4. The molecule has 0 saturated carbocycles. The van der Waals surface area contributed by atoms with Crippen LogP contribution in [0.5, 0.6) is 0 Å². The number of nitrogens with one attached hydrogen (secondary N) is 1. The number of aliphatic hydroxyl groups is 2. The number of aliphatic hydroxyl groups excluding tert-OH is 2.